The first-order chi connectivity index (χ1) is 18.6. The van der Waals surface area contributed by atoms with Crippen LogP contribution in [0.1, 0.15) is 28.4 Å². The van der Waals surface area contributed by atoms with E-state index in [-0.39, 0.29) is 23.7 Å². The average Bonchev–Trinajstić information content (AvgIpc) is 3.23. The van der Waals surface area contributed by atoms with E-state index in [1.165, 1.54) is 7.11 Å². The van der Waals surface area contributed by atoms with Gasteiger partial charge < -0.3 is 20.1 Å². The Morgan fingerprint density at radius 3 is 2.23 bits per heavy atom. The molecule has 14 heteroatoms. The molecule has 2 aromatic heterocycles. The SMILES string of the molecule is CCOC(=O)N(Cc1c(F)cncc1F)c1sc(-c2ccc(NC(=O)NOC)cc2)c(CN(C)C)c1C(=O)O. The second kappa shape index (κ2) is 13.1. The molecule has 0 saturated carbocycles. The summed E-state index contributed by atoms with van der Waals surface area (Å²) in [4.78, 5) is 48.5. The number of anilines is 2. The van der Waals surface area contributed by atoms with Crippen LogP contribution in [0.4, 0.5) is 29.1 Å². The average molecular weight is 564 g/mol. The van der Waals surface area contributed by atoms with Crippen LogP contribution in [-0.2, 0) is 22.7 Å². The fourth-order valence-corrected chi connectivity index (χ4v) is 4.98. The molecule has 208 valence electrons. The number of hydrogen-bond donors (Lipinski definition) is 3. The number of carboxylic acid groups (broad SMARTS) is 1. The van der Waals surface area contributed by atoms with Crippen molar-refractivity contribution in [3.05, 3.63) is 65.0 Å². The predicted molar refractivity (Wildman–Crippen MR) is 141 cm³/mol. The molecule has 0 aliphatic rings. The lowest BCUT2D eigenvalue weighted by Gasteiger charge is -2.22. The lowest BCUT2D eigenvalue weighted by Crippen LogP contribution is -2.32. The third-order valence-electron chi connectivity index (χ3n) is 5.28. The first-order valence-corrected chi connectivity index (χ1v) is 12.3. The van der Waals surface area contributed by atoms with Crippen LogP contribution < -0.4 is 15.7 Å². The van der Waals surface area contributed by atoms with Gasteiger partial charge in [-0.2, -0.15) is 0 Å². The van der Waals surface area contributed by atoms with Crippen molar-refractivity contribution in [3.8, 4) is 10.4 Å². The summed E-state index contributed by atoms with van der Waals surface area (Å²) >= 11 is 0.968. The lowest BCUT2D eigenvalue weighted by atomic mass is 10.0. The highest BCUT2D eigenvalue weighted by atomic mass is 32.1. The molecule has 3 N–H and O–H groups in total. The number of pyridine rings is 1. The van der Waals surface area contributed by atoms with Crippen LogP contribution in [-0.4, -0.2) is 60.9 Å². The number of hydrogen-bond acceptors (Lipinski definition) is 8. The fraction of sp³-hybridized carbons (Fsp3) is 0.280. The number of carboxylic acids is 1. The minimum Gasteiger partial charge on any atom is -0.478 e. The Hall–Kier alpha value is -4.14. The van der Waals surface area contributed by atoms with Gasteiger partial charge in [0.25, 0.3) is 0 Å². The summed E-state index contributed by atoms with van der Waals surface area (Å²) in [5.41, 5.74) is 2.88. The topological polar surface area (TPSA) is 133 Å². The summed E-state index contributed by atoms with van der Waals surface area (Å²) in [6.45, 7) is 1.06. The number of amides is 3. The molecular weight excluding hydrogens is 536 g/mol. The molecule has 3 rings (SSSR count). The molecule has 0 unspecified atom stereocenters. The maximum absolute atomic E-state index is 14.5. The monoisotopic (exact) mass is 563 g/mol. The Labute approximate surface area is 226 Å². The fourth-order valence-electron chi connectivity index (χ4n) is 3.68. The molecule has 0 radical (unpaired) electrons. The van der Waals surface area contributed by atoms with Crippen LogP contribution in [0.5, 0.6) is 0 Å². The van der Waals surface area contributed by atoms with E-state index in [0.29, 0.717) is 21.7 Å². The molecule has 0 aliphatic carbocycles. The number of nitrogens with zero attached hydrogens (tertiary/aromatic N) is 3. The number of urea groups is 1. The van der Waals surface area contributed by atoms with Gasteiger partial charge in [0.05, 0.1) is 38.2 Å². The summed E-state index contributed by atoms with van der Waals surface area (Å²) in [5, 5.41) is 12.8. The number of hydroxylamine groups is 1. The smallest absolute Gasteiger partial charge is 0.415 e. The number of halogens is 2. The Bertz CT molecular complexity index is 1330. The van der Waals surface area contributed by atoms with Gasteiger partial charge in [0.1, 0.15) is 16.6 Å². The number of benzene rings is 1. The second-order valence-corrected chi connectivity index (χ2v) is 9.34. The first-order valence-electron chi connectivity index (χ1n) is 11.5. The second-order valence-electron chi connectivity index (χ2n) is 8.34. The summed E-state index contributed by atoms with van der Waals surface area (Å²) in [5.74, 6) is -3.32. The third kappa shape index (κ3) is 7.04. The van der Waals surface area contributed by atoms with Crippen molar-refractivity contribution in [2.24, 2.45) is 0 Å². The molecule has 0 atom stereocenters. The lowest BCUT2D eigenvalue weighted by molar-refractivity contribution is 0.0696. The molecule has 2 heterocycles. The van der Waals surface area contributed by atoms with Crippen molar-refractivity contribution in [1.82, 2.24) is 15.4 Å². The molecule has 39 heavy (non-hydrogen) atoms. The van der Waals surface area contributed by atoms with E-state index in [9.17, 15) is 28.3 Å². The van der Waals surface area contributed by atoms with Gasteiger partial charge >= 0.3 is 18.1 Å². The van der Waals surface area contributed by atoms with Crippen molar-refractivity contribution in [3.63, 3.8) is 0 Å². The van der Waals surface area contributed by atoms with Crippen LogP contribution in [0.25, 0.3) is 10.4 Å². The van der Waals surface area contributed by atoms with E-state index >= 15 is 0 Å². The zero-order valence-corrected chi connectivity index (χ0v) is 22.4. The van der Waals surface area contributed by atoms with Crippen LogP contribution in [0, 0.1) is 11.6 Å². The molecule has 0 bridgehead atoms. The van der Waals surface area contributed by atoms with Gasteiger partial charge in [-0.25, -0.2) is 28.6 Å². The molecule has 0 saturated heterocycles. The standard InChI is InChI=1S/C25H27F2N5O6S/c1-5-38-25(36)32(13-16-18(26)10-28-11-19(16)27)22-20(23(33)34)17(12-31(2)3)21(39-22)14-6-8-15(9-7-14)29-24(35)30-37-4/h6-11H,5,12-13H2,1-4H3,(H,33,34)(H2,29,30,35). The van der Waals surface area contributed by atoms with Crippen LogP contribution >= 0.6 is 11.3 Å². The van der Waals surface area contributed by atoms with Crippen LogP contribution in [0.15, 0.2) is 36.7 Å². The Kier molecular flexibility index (Phi) is 9.87. The number of aromatic carboxylic acids is 1. The van der Waals surface area contributed by atoms with Gasteiger partial charge in [0.2, 0.25) is 0 Å². The van der Waals surface area contributed by atoms with Gasteiger partial charge in [-0.05, 0) is 38.7 Å². The number of thiophene rings is 1. The normalized spacial score (nSPS) is 10.8. The zero-order chi connectivity index (χ0) is 28.7. The van der Waals surface area contributed by atoms with Crippen LogP contribution in [0.2, 0.25) is 0 Å². The van der Waals surface area contributed by atoms with Crippen molar-refractivity contribution in [2.45, 2.75) is 20.0 Å². The van der Waals surface area contributed by atoms with Gasteiger partial charge in [-0.1, -0.05) is 12.1 Å². The maximum Gasteiger partial charge on any atom is 0.415 e. The Balaban J connectivity index is 2.17. The molecule has 3 aromatic rings. The van der Waals surface area contributed by atoms with Gasteiger partial charge in [0.15, 0.2) is 0 Å². The van der Waals surface area contributed by atoms with E-state index in [0.717, 1.165) is 28.6 Å². The third-order valence-corrected chi connectivity index (χ3v) is 6.58. The quantitative estimate of drug-likeness (QED) is 0.303. The van der Waals surface area contributed by atoms with E-state index in [1.807, 2.05) is 0 Å². The predicted octanol–water partition coefficient (Wildman–Crippen LogP) is 4.69. The zero-order valence-electron chi connectivity index (χ0n) is 21.6. The number of rotatable bonds is 10. The van der Waals surface area contributed by atoms with Crippen molar-refractivity contribution in [2.75, 3.05) is 38.0 Å². The van der Waals surface area contributed by atoms with Gasteiger partial charge in [-0.15, -0.1) is 11.3 Å². The first kappa shape index (κ1) is 29.4. The summed E-state index contributed by atoms with van der Waals surface area (Å²) in [6, 6.07) is 5.95. The highest BCUT2D eigenvalue weighted by Crippen LogP contribution is 2.44. The summed E-state index contributed by atoms with van der Waals surface area (Å²) in [7, 11) is 4.79. The van der Waals surface area contributed by atoms with Gasteiger partial charge in [-0.3, -0.25) is 14.7 Å². The van der Waals surface area contributed by atoms with E-state index in [4.69, 9.17) is 4.74 Å². The maximum atomic E-state index is 14.5. The van der Waals surface area contributed by atoms with E-state index in [1.54, 1.807) is 50.2 Å². The Morgan fingerprint density at radius 2 is 1.69 bits per heavy atom. The van der Waals surface area contributed by atoms with Crippen molar-refractivity contribution in [1.29, 1.82) is 0 Å². The molecule has 3 amide bonds. The molecule has 0 fully saturated rings. The summed E-state index contributed by atoms with van der Waals surface area (Å²) < 4.78 is 34.1. The minimum absolute atomic E-state index is 0.0487. The number of ether oxygens (including phenoxy) is 1. The highest BCUT2D eigenvalue weighted by Gasteiger charge is 2.32. The van der Waals surface area contributed by atoms with Crippen LogP contribution in [0.3, 0.4) is 0 Å². The van der Waals surface area contributed by atoms with Crippen molar-refractivity contribution < 1.29 is 37.8 Å². The largest absolute Gasteiger partial charge is 0.478 e. The van der Waals surface area contributed by atoms with E-state index in [2.05, 4.69) is 20.6 Å². The summed E-state index contributed by atoms with van der Waals surface area (Å²) in [6.07, 6.45) is 0.641. The minimum atomic E-state index is -1.33. The number of aromatic nitrogens is 1. The number of nitrogens with one attached hydrogen (secondary N) is 2. The number of carbonyl (C=O) groups excluding carboxylic acids is 2. The number of carbonyl (C=O) groups is 3. The van der Waals surface area contributed by atoms with Crippen molar-refractivity contribution >= 4 is 40.1 Å². The molecule has 0 spiro atoms. The molecule has 0 aliphatic heterocycles. The Morgan fingerprint density at radius 1 is 1.05 bits per heavy atom. The highest BCUT2D eigenvalue weighted by molar-refractivity contribution is 7.20. The molecule has 1 aromatic carbocycles. The molecule has 11 nitrogen and oxygen atoms in total. The molecular formula is C25H27F2N5O6S. The van der Waals surface area contributed by atoms with Gasteiger partial charge in [0, 0.05) is 28.2 Å². The van der Waals surface area contributed by atoms with E-state index < -0.39 is 41.8 Å².